The van der Waals surface area contributed by atoms with Crippen LogP contribution < -0.4 is 0 Å². The summed E-state index contributed by atoms with van der Waals surface area (Å²) in [5.74, 6) is -0.451. The van der Waals surface area contributed by atoms with Crippen molar-refractivity contribution >= 4 is 11.9 Å². The van der Waals surface area contributed by atoms with Crippen LogP contribution in [-0.4, -0.2) is 47.8 Å². The Morgan fingerprint density at radius 3 is 2.75 bits per heavy atom. The van der Waals surface area contributed by atoms with Crippen LogP contribution in [0.2, 0.25) is 0 Å². The van der Waals surface area contributed by atoms with Gasteiger partial charge in [-0.3, -0.25) is 9.48 Å². The zero-order chi connectivity index (χ0) is 12.1. The molecule has 0 radical (unpaired) electrons. The first kappa shape index (κ1) is 12.2. The summed E-state index contributed by atoms with van der Waals surface area (Å²) in [6.07, 6.45) is 2.00. The van der Waals surface area contributed by atoms with Crippen molar-refractivity contribution in [2.75, 3.05) is 21.2 Å². The van der Waals surface area contributed by atoms with Crippen molar-refractivity contribution < 1.29 is 14.3 Å². The number of hydrogen-bond donors (Lipinski definition) is 0. The quantitative estimate of drug-likeness (QED) is 0.684. The van der Waals surface area contributed by atoms with Crippen LogP contribution >= 0.6 is 0 Å². The standard InChI is InChI=1S/C10H15N3O3/c1-12(2)9(14)5-7-13-6-4-8(11-13)10(15)16-3/h4,6H,5,7H2,1-3H3. The SMILES string of the molecule is COC(=O)c1ccn(CCC(=O)N(C)C)n1. The molecule has 6 nitrogen and oxygen atoms in total. The molecule has 0 unspecified atom stereocenters. The van der Waals surface area contributed by atoms with Gasteiger partial charge in [-0.05, 0) is 6.07 Å². The average molecular weight is 225 g/mol. The van der Waals surface area contributed by atoms with E-state index in [9.17, 15) is 9.59 Å². The highest BCUT2D eigenvalue weighted by atomic mass is 16.5. The van der Waals surface area contributed by atoms with E-state index in [1.54, 1.807) is 31.0 Å². The average Bonchev–Trinajstić information content (AvgIpc) is 2.73. The third kappa shape index (κ3) is 3.08. The Morgan fingerprint density at radius 2 is 2.19 bits per heavy atom. The number of carbonyl (C=O) groups excluding carboxylic acids is 2. The van der Waals surface area contributed by atoms with Gasteiger partial charge in [0.25, 0.3) is 0 Å². The van der Waals surface area contributed by atoms with Gasteiger partial charge in [-0.1, -0.05) is 0 Å². The van der Waals surface area contributed by atoms with Gasteiger partial charge in [0.1, 0.15) is 0 Å². The van der Waals surface area contributed by atoms with Crippen LogP contribution in [0.4, 0.5) is 0 Å². The second-order valence-electron chi connectivity index (χ2n) is 3.49. The van der Waals surface area contributed by atoms with Gasteiger partial charge < -0.3 is 9.64 Å². The number of ether oxygens (including phenoxy) is 1. The summed E-state index contributed by atoms with van der Waals surface area (Å²) in [5, 5.41) is 3.98. The van der Waals surface area contributed by atoms with Crippen molar-refractivity contribution in [3.05, 3.63) is 18.0 Å². The Labute approximate surface area is 93.8 Å². The Balaban J connectivity index is 2.53. The van der Waals surface area contributed by atoms with Crippen LogP contribution in [-0.2, 0) is 16.1 Å². The summed E-state index contributed by atoms with van der Waals surface area (Å²) in [6, 6.07) is 1.56. The number of hydrogen-bond acceptors (Lipinski definition) is 4. The molecule has 1 aromatic heterocycles. The number of methoxy groups -OCH3 is 1. The number of esters is 1. The van der Waals surface area contributed by atoms with E-state index in [-0.39, 0.29) is 11.6 Å². The van der Waals surface area contributed by atoms with Crippen LogP contribution in [0, 0.1) is 0 Å². The third-order valence-electron chi connectivity index (χ3n) is 2.09. The van der Waals surface area contributed by atoms with E-state index in [2.05, 4.69) is 9.84 Å². The lowest BCUT2D eigenvalue weighted by Gasteiger charge is -2.09. The summed E-state index contributed by atoms with van der Waals surface area (Å²) in [5.41, 5.74) is 0.250. The minimum Gasteiger partial charge on any atom is -0.464 e. The molecule has 1 rings (SSSR count). The van der Waals surface area contributed by atoms with E-state index >= 15 is 0 Å². The zero-order valence-electron chi connectivity index (χ0n) is 9.64. The Bertz CT molecular complexity index is 384. The normalized spacial score (nSPS) is 9.94. The molecule has 1 aromatic rings. The zero-order valence-corrected chi connectivity index (χ0v) is 9.64. The molecule has 0 N–H and O–H groups in total. The summed E-state index contributed by atoms with van der Waals surface area (Å²) >= 11 is 0. The maximum Gasteiger partial charge on any atom is 0.358 e. The molecule has 88 valence electrons. The second-order valence-corrected chi connectivity index (χ2v) is 3.49. The Hall–Kier alpha value is -1.85. The number of amides is 1. The number of nitrogens with zero attached hydrogens (tertiary/aromatic N) is 3. The molecule has 0 saturated carbocycles. The molecular weight excluding hydrogens is 210 g/mol. The largest absolute Gasteiger partial charge is 0.464 e. The summed E-state index contributed by atoms with van der Waals surface area (Å²) < 4.78 is 6.07. The molecule has 0 aliphatic rings. The lowest BCUT2D eigenvalue weighted by molar-refractivity contribution is -0.128. The molecule has 0 saturated heterocycles. The molecule has 1 heterocycles. The Morgan fingerprint density at radius 1 is 1.50 bits per heavy atom. The first-order valence-electron chi connectivity index (χ1n) is 4.86. The van der Waals surface area contributed by atoms with Crippen molar-refractivity contribution in [2.45, 2.75) is 13.0 Å². The van der Waals surface area contributed by atoms with Gasteiger partial charge in [-0.15, -0.1) is 0 Å². The van der Waals surface area contributed by atoms with Crippen molar-refractivity contribution in [3.63, 3.8) is 0 Å². The van der Waals surface area contributed by atoms with Gasteiger partial charge in [0.05, 0.1) is 7.11 Å². The highest BCUT2D eigenvalue weighted by molar-refractivity contribution is 5.86. The molecule has 1 amide bonds. The first-order chi connectivity index (χ1) is 7.54. The predicted octanol–water partition coefficient (Wildman–Crippen LogP) is 0.148. The molecule has 0 aliphatic heterocycles. The molecule has 6 heteroatoms. The fourth-order valence-electron chi connectivity index (χ4n) is 1.13. The molecule has 16 heavy (non-hydrogen) atoms. The number of aromatic nitrogens is 2. The van der Waals surface area contributed by atoms with Crippen LogP contribution in [0.3, 0.4) is 0 Å². The maximum absolute atomic E-state index is 11.3. The first-order valence-corrected chi connectivity index (χ1v) is 4.86. The minimum absolute atomic E-state index is 0.0233. The Kier molecular flexibility index (Phi) is 4.04. The van der Waals surface area contributed by atoms with Gasteiger partial charge in [0.2, 0.25) is 5.91 Å². The van der Waals surface area contributed by atoms with Gasteiger partial charge in [-0.2, -0.15) is 5.10 Å². The van der Waals surface area contributed by atoms with Crippen LogP contribution in [0.1, 0.15) is 16.9 Å². The number of carbonyl (C=O) groups is 2. The molecule has 0 fully saturated rings. The topological polar surface area (TPSA) is 64.4 Å². The van der Waals surface area contributed by atoms with E-state index < -0.39 is 5.97 Å². The highest BCUT2D eigenvalue weighted by Gasteiger charge is 2.10. The fraction of sp³-hybridized carbons (Fsp3) is 0.500. The lowest BCUT2D eigenvalue weighted by atomic mass is 10.4. The number of rotatable bonds is 4. The van der Waals surface area contributed by atoms with E-state index in [0.717, 1.165) is 0 Å². The fourth-order valence-corrected chi connectivity index (χ4v) is 1.13. The van der Waals surface area contributed by atoms with E-state index in [4.69, 9.17) is 0 Å². The smallest absolute Gasteiger partial charge is 0.358 e. The monoisotopic (exact) mass is 225 g/mol. The van der Waals surface area contributed by atoms with Gasteiger partial charge >= 0.3 is 5.97 Å². The molecule has 0 aliphatic carbocycles. The highest BCUT2D eigenvalue weighted by Crippen LogP contribution is 1.99. The van der Waals surface area contributed by atoms with Crippen LogP contribution in [0.25, 0.3) is 0 Å². The van der Waals surface area contributed by atoms with Gasteiger partial charge in [0, 0.05) is 33.3 Å². The van der Waals surface area contributed by atoms with Crippen molar-refractivity contribution in [2.24, 2.45) is 0 Å². The van der Waals surface area contributed by atoms with E-state index in [1.807, 2.05) is 0 Å². The molecule has 0 spiro atoms. The maximum atomic E-state index is 11.3. The third-order valence-corrected chi connectivity index (χ3v) is 2.09. The molecule has 0 atom stereocenters. The summed E-state index contributed by atoms with van der Waals surface area (Å²) in [7, 11) is 4.70. The van der Waals surface area contributed by atoms with Crippen LogP contribution in [0.5, 0.6) is 0 Å². The molecule has 0 bridgehead atoms. The molecular formula is C10H15N3O3. The minimum atomic E-state index is -0.474. The second kappa shape index (κ2) is 5.29. The number of aryl methyl sites for hydroxylation is 1. The van der Waals surface area contributed by atoms with Crippen molar-refractivity contribution in [1.29, 1.82) is 0 Å². The summed E-state index contributed by atoms with van der Waals surface area (Å²) in [6.45, 7) is 0.452. The van der Waals surface area contributed by atoms with Crippen molar-refractivity contribution in [1.82, 2.24) is 14.7 Å². The summed E-state index contributed by atoms with van der Waals surface area (Å²) in [4.78, 5) is 23.9. The van der Waals surface area contributed by atoms with E-state index in [1.165, 1.54) is 12.0 Å². The van der Waals surface area contributed by atoms with Gasteiger partial charge in [-0.25, -0.2) is 4.79 Å². The van der Waals surface area contributed by atoms with Crippen LogP contribution in [0.15, 0.2) is 12.3 Å². The van der Waals surface area contributed by atoms with E-state index in [0.29, 0.717) is 13.0 Å². The lowest BCUT2D eigenvalue weighted by Crippen LogP contribution is -2.23. The molecule has 0 aromatic carbocycles. The van der Waals surface area contributed by atoms with Crippen molar-refractivity contribution in [3.8, 4) is 0 Å². The van der Waals surface area contributed by atoms with Gasteiger partial charge in [0.15, 0.2) is 5.69 Å². The predicted molar refractivity (Wildman–Crippen MR) is 56.9 cm³/mol.